The van der Waals surface area contributed by atoms with Gasteiger partial charge in [0.15, 0.2) is 0 Å². The van der Waals surface area contributed by atoms with Crippen LogP contribution in [0, 0.1) is 12.7 Å². The summed E-state index contributed by atoms with van der Waals surface area (Å²) in [6.45, 7) is 4.16. The molecule has 2 aromatic rings. The Morgan fingerprint density at radius 3 is 2.52 bits per heavy atom. The molecule has 4 nitrogen and oxygen atoms in total. The molecule has 0 saturated carbocycles. The van der Waals surface area contributed by atoms with E-state index in [0.29, 0.717) is 18.9 Å². The van der Waals surface area contributed by atoms with Crippen molar-refractivity contribution in [3.8, 4) is 11.5 Å². The van der Waals surface area contributed by atoms with E-state index in [9.17, 15) is 9.50 Å². The maximum Gasteiger partial charge on any atom is 0.123 e. The van der Waals surface area contributed by atoms with Crippen molar-refractivity contribution in [1.82, 2.24) is 4.90 Å². The zero-order valence-corrected chi connectivity index (χ0v) is 14.8. The van der Waals surface area contributed by atoms with Crippen LogP contribution in [0.15, 0.2) is 48.5 Å². The summed E-state index contributed by atoms with van der Waals surface area (Å²) in [5, 5.41) is 10.0. The number of aliphatic hydroxyl groups is 1. The summed E-state index contributed by atoms with van der Waals surface area (Å²) >= 11 is 0. The number of rotatable bonds is 10. The fourth-order valence-electron chi connectivity index (χ4n) is 2.46. The van der Waals surface area contributed by atoms with Gasteiger partial charge in [-0.25, -0.2) is 4.39 Å². The minimum absolute atomic E-state index is 0.176. The standard InChI is InChI=1S/C20H26FNO3/c1-16-6-3-4-7-20(16)24-13-5-12-22(2)14-18(23)15-25-19-10-8-17(21)9-11-19/h3-4,6-11,18,23H,5,12-15H2,1-2H3. The van der Waals surface area contributed by atoms with Crippen LogP contribution in [-0.2, 0) is 0 Å². The molecule has 136 valence electrons. The third kappa shape index (κ3) is 7.11. The molecule has 1 unspecified atom stereocenters. The molecular weight excluding hydrogens is 321 g/mol. The van der Waals surface area contributed by atoms with Gasteiger partial charge in [-0.3, -0.25) is 0 Å². The molecule has 0 aromatic heterocycles. The number of nitrogens with zero attached hydrogens (tertiary/aromatic N) is 1. The predicted molar refractivity (Wildman–Crippen MR) is 96.7 cm³/mol. The maximum atomic E-state index is 12.8. The lowest BCUT2D eigenvalue weighted by molar-refractivity contribution is 0.0748. The highest BCUT2D eigenvalue weighted by Crippen LogP contribution is 2.16. The van der Waals surface area contributed by atoms with Crippen LogP contribution in [0.2, 0.25) is 0 Å². The van der Waals surface area contributed by atoms with E-state index in [2.05, 4.69) is 0 Å². The highest BCUT2D eigenvalue weighted by Gasteiger charge is 2.09. The quantitative estimate of drug-likeness (QED) is 0.670. The maximum absolute atomic E-state index is 12.8. The van der Waals surface area contributed by atoms with E-state index >= 15 is 0 Å². The number of likely N-dealkylation sites (N-methyl/N-ethyl adjacent to an activating group) is 1. The van der Waals surface area contributed by atoms with Crippen molar-refractivity contribution in [3.05, 3.63) is 59.9 Å². The lowest BCUT2D eigenvalue weighted by Crippen LogP contribution is -2.34. The predicted octanol–water partition coefficient (Wildman–Crippen LogP) is 3.27. The molecule has 0 saturated heterocycles. The lowest BCUT2D eigenvalue weighted by atomic mass is 10.2. The number of halogens is 1. The van der Waals surface area contributed by atoms with Gasteiger partial charge in [0.1, 0.15) is 30.0 Å². The second-order valence-corrected chi connectivity index (χ2v) is 6.15. The van der Waals surface area contributed by atoms with Crippen LogP contribution in [0.1, 0.15) is 12.0 Å². The SMILES string of the molecule is Cc1ccccc1OCCCN(C)CC(O)COc1ccc(F)cc1. The van der Waals surface area contributed by atoms with E-state index in [1.807, 2.05) is 43.1 Å². The van der Waals surface area contributed by atoms with Crippen LogP contribution < -0.4 is 9.47 Å². The minimum Gasteiger partial charge on any atom is -0.493 e. The summed E-state index contributed by atoms with van der Waals surface area (Å²) in [5.74, 6) is 1.16. The second-order valence-electron chi connectivity index (χ2n) is 6.15. The van der Waals surface area contributed by atoms with Crippen molar-refractivity contribution in [2.45, 2.75) is 19.4 Å². The molecule has 0 radical (unpaired) electrons. The van der Waals surface area contributed by atoms with E-state index in [1.54, 1.807) is 12.1 Å². The molecule has 1 N–H and O–H groups in total. The monoisotopic (exact) mass is 347 g/mol. The number of para-hydroxylation sites is 1. The molecule has 2 rings (SSSR count). The Labute approximate surface area is 148 Å². The lowest BCUT2D eigenvalue weighted by Gasteiger charge is -2.21. The fourth-order valence-corrected chi connectivity index (χ4v) is 2.46. The Kier molecular flexibility index (Phi) is 7.70. The number of hydrogen-bond acceptors (Lipinski definition) is 4. The number of hydrogen-bond donors (Lipinski definition) is 1. The summed E-state index contributed by atoms with van der Waals surface area (Å²) in [5.41, 5.74) is 1.13. The van der Waals surface area contributed by atoms with Crippen LogP contribution in [0.4, 0.5) is 4.39 Å². The van der Waals surface area contributed by atoms with Crippen molar-refractivity contribution < 1.29 is 19.0 Å². The molecule has 0 fully saturated rings. The molecular formula is C20H26FNO3. The van der Waals surface area contributed by atoms with Gasteiger partial charge in [-0.05, 0) is 56.3 Å². The summed E-state index contributed by atoms with van der Waals surface area (Å²) in [6.07, 6.45) is 0.267. The smallest absolute Gasteiger partial charge is 0.123 e. The third-order valence-electron chi connectivity index (χ3n) is 3.81. The van der Waals surface area contributed by atoms with E-state index in [4.69, 9.17) is 9.47 Å². The normalized spacial score (nSPS) is 12.2. The summed E-state index contributed by atoms with van der Waals surface area (Å²) < 4.78 is 24.0. The van der Waals surface area contributed by atoms with Crippen molar-refractivity contribution in [2.75, 3.05) is 33.4 Å². The van der Waals surface area contributed by atoms with E-state index < -0.39 is 6.10 Å². The number of aliphatic hydroxyl groups excluding tert-OH is 1. The first kappa shape index (κ1) is 19.2. The molecule has 0 aliphatic rings. The van der Waals surface area contributed by atoms with Gasteiger partial charge in [0.2, 0.25) is 0 Å². The second kappa shape index (κ2) is 10.0. The van der Waals surface area contributed by atoms with Gasteiger partial charge in [-0.15, -0.1) is 0 Å². The van der Waals surface area contributed by atoms with Gasteiger partial charge in [0.05, 0.1) is 6.61 Å². The van der Waals surface area contributed by atoms with Crippen molar-refractivity contribution in [3.63, 3.8) is 0 Å². The van der Waals surface area contributed by atoms with Gasteiger partial charge >= 0.3 is 0 Å². The number of ether oxygens (including phenoxy) is 2. The molecule has 2 aromatic carbocycles. The highest BCUT2D eigenvalue weighted by molar-refractivity contribution is 5.31. The van der Waals surface area contributed by atoms with Gasteiger partial charge in [-0.2, -0.15) is 0 Å². The Morgan fingerprint density at radius 1 is 1.08 bits per heavy atom. The molecule has 5 heteroatoms. The van der Waals surface area contributed by atoms with Gasteiger partial charge in [0.25, 0.3) is 0 Å². The molecule has 0 heterocycles. The molecule has 25 heavy (non-hydrogen) atoms. The largest absolute Gasteiger partial charge is 0.493 e. The molecule has 0 bridgehead atoms. The highest BCUT2D eigenvalue weighted by atomic mass is 19.1. The van der Waals surface area contributed by atoms with Crippen LogP contribution in [0.5, 0.6) is 11.5 Å². The van der Waals surface area contributed by atoms with Gasteiger partial charge in [0, 0.05) is 13.1 Å². The van der Waals surface area contributed by atoms with Crippen LogP contribution in [-0.4, -0.2) is 49.5 Å². The molecule has 0 aliphatic heterocycles. The summed E-state index contributed by atoms with van der Waals surface area (Å²) in [6, 6.07) is 13.7. The Morgan fingerprint density at radius 2 is 1.80 bits per heavy atom. The third-order valence-corrected chi connectivity index (χ3v) is 3.81. The topological polar surface area (TPSA) is 41.9 Å². The van der Waals surface area contributed by atoms with Crippen LogP contribution in [0.3, 0.4) is 0 Å². The van der Waals surface area contributed by atoms with E-state index in [1.165, 1.54) is 12.1 Å². The van der Waals surface area contributed by atoms with Crippen molar-refractivity contribution >= 4 is 0 Å². The average Bonchev–Trinajstić information content (AvgIpc) is 2.59. The zero-order valence-electron chi connectivity index (χ0n) is 14.8. The fraction of sp³-hybridized carbons (Fsp3) is 0.400. The average molecular weight is 347 g/mol. The Bertz CT molecular complexity index is 633. The first-order chi connectivity index (χ1) is 12.0. The van der Waals surface area contributed by atoms with Gasteiger partial charge in [-0.1, -0.05) is 18.2 Å². The number of benzene rings is 2. The van der Waals surface area contributed by atoms with E-state index in [-0.39, 0.29) is 12.4 Å². The number of aryl methyl sites for hydroxylation is 1. The minimum atomic E-state index is -0.604. The summed E-state index contributed by atoms with van der Waals surface area (Å²) in [7, 11) is 1.95. The molecule has 0 spiro atoms. The molecule has 0 amide bonds. The first-order valence-corrected chi connectivity index (χ1v) is 8.48. The van der Waals surface area contributed by atoms with Crippen molar-refractivity contribution in [1.29, 1.82) is 0 Å². The first-order valence-electron chi connectivity index (χ1n) is 8.48. The molecule has 0 aliphatic carbocycles. The molecule has 1 atom stereocenters. The zero-order chi connectivity index (χ0) is 18.1. The van der Waals surface area contributed by atoms with Crippen LogP contribution in [0.25, 0.3) is 0 Å². The Balaban J connectivity index is 1.60. The van der Waals surface area contributed by atoms with Crippen LogP contribution >= 0.6 is 0 Å². The summed E-state index contributed by atoms with van der Waals surface area (Å²) in [4.78, 5) is 2.04. The van der Waals surface area contributed by atoms with E-state index in [0.717, 1.165) is 24.3 Å². The Hall–Kier alpha value is -2.11. The van der Waals surface area contributed by atoms with Gasteiger partial charge < -0.3 is 19.5 Å². The van der Waals surface area contributed by atoms with Crippen molar-refractivity contribution in [2.24, 2.45) is 0 Å².